The molecule has 0 aliphatic carbocycles. The van der Waals surface area contributed by atoms with Gasteiger partial charge in [-0.05, 0) is 72.7 Å². The van der Waals surface area contributed by atoms with Crippen molar-refractivity contribution in [2.75, 3.05) is 0 Å². The standard InChI is InChI=1S/C33H19N2O2.C12H10N.Ir/c1-5-14-29-22(8-1)20-31(36-29)21-16-18-23(19-17-21)35-28-13-4-3-12-27(28)34-33(35)26-11-7-10-25-24-9-2-6-15-30(24)37-32(25)26;1-10-7-8-12(13-9-10)11-5-3-2-4-6-11;/h1-10,12-20H;2-5,7-9H,1H3;/q2*-1;/i;1D3;. The Kier molecular flexibility index (Phi) is 7.71. The molecular weight excluding hydrogens is 807 g/mol. The number of benzene rings is 6. The number of para-hydroxylation sites is 4. The average molecular weight is 839 g/mol. The first kappa shape index (κ1) is 28.7. The Balaban J connectivity index is 0.000000206. The van der Waals surface area contributed by atoms with Crippen molar-refractivity contribution in [1.29, 1.82) is 0 Å². The molecule has 0 atom stereocenters. The second-order valence-electron chi connectivity index (χ2n) is 11.9. The van der Waals surface area contributed by atoms with Crippen LogP contribution in [0.5, 0.6) is 0 Å². The molecule has 0 unspecified atom stereocenters. The quantitative estimate of drug-likeness (QED) is 0.166. The SMILES string of the molecule is [2H]C([2H])([2H])c1ccc(-c2[c-]cccc2)nc1.[Ir].[c-]1ccc2c(oc3ccccc32)c1-c1nc2ccccc2n1-c1ccc(-c2cc3ccccc3o2)cc1. The van der Waals surface area contributed by atoms with Crippen LogP contribution in [-0.2, 0) is 20.1 Å². The van der Waals surface area contributed by atoms with Gasteiger partial charge >= 0.3 is 0 Å². The fraction of sp³-hybridized carbons (Fsp3) is 0.0222. The van der Waals surface area contributed by atoms with Crippen LogP contribution in [0.25, 0.3) is 83.6 Å². The van der Waals surface area contributed by atoms with Gasteiger partial charge in [0.05, 0.1) is 22.4 Å². The zero-order chi connectivity index (χ0) is 35.9. The molecule has 10 aromatic rings. The molecule has 0 spiro atoms. The van der Waals surface area contributed by atoms with Gasteiger partial charge in [-0.3, -0.25) is 4.98 Å². The van der Waals surface area contributed by atoms with Gasteiger partial charge in [0.1, 0.15) is 16.9 Å². The molecule has 0 aliphatic heterocycles. The van der Waals surface area contributed by atoms with E-state index < -0.39 is 6.85 Å². The molecule has 0 aliphatic rings. The number of furan rings is 2. The van der Waals surface area contributed by atoms with E-state index in [0.717, 1.165) is 83.6 Å². The van der Waals surface area contributed by atoms with Crippen LogP contribution in [0, 0.1) is 19.0 Å². The first-order valence-corrected chi connectivity index (χ1v) is 16.2. The minimum absolute atomic E-state index is 0. The molecule has 0 bridgehead atoms. The number of fused-ring (bicyclic) bond motifs is 5. The van der Waals surface area contributed by atoms with Gasteiger partial charge in [0.25, 0.3) is 0 Å². The number of rotatable bonds is 4. The summed E-state index contributed by atoms with van der Waals surface area (Å²) in [5.41, 5.74) is 9.19. The number of hydrogen-bond acceptors (Lipinski definition) is 4. The van der Waals surface area contributed by atoms with Crippen LogP contribution in [0.2, 0.25) is 0 Å². The zero-order valence-corrected chi connectivity index (χ0v) is 29.4. The molecule has 0 amide bonds. The fourth-order valence-electron chi connectivity index (χ4n) is 6.32. The van der Waals surface area contributed by atoms with Crippen LogP contribution >= 0.6 is 0 Å². The van der Waals surface area contributed by atoms with Crippen LogP contribution in [0.15, 0.2) is 167 Å². The molecule has 0 fully saturated rings. The summed E-state index contributed by atoms with van der Waals surface area (Å²) in [7, 11) is 0. The number of aryl methyl sites for hydroxylation is 1. The molecule has 6 aromatic carbocycles. The second kappa shape index (κ2) is 13.7. The van der Waals surface area contributed by atoms with Gasteiger partial charge in [0, 0.05) is 52.4 Å². The van der Waals surface area contributed by atoms with Gasteiger partial charge in [-0.25, -0.2) is 0 Å². The third-order valence-corrected chi connectivity index (χ3v) is 8.71. The summed E-state index contributed by atoms with van der Waals surface area (Å²) in [6.45, 7) is -2.09. The predicted octanol–water partition coefficient (Wildman–Crippen LogP) is 11.7. The number of hydrogen-bond donors (Lipinski definition) is 0. The number of pyridine rings is 1. The van der Waals surface area contributed by atoms with Crippen molar-refractivity contribution >= 4 is 43.9 Å². The van der Waals surface area contributed by atoms with Gasteiger partial charge in [0.2, 0.25) is 0 Å². The first-order valence-electron chi connectivity index (χ1n) is 17.7. The Hall–Kier alpha value is -6.07. The van der Waals surface area contributed by atoms with E-state index in [4.69, 9.17) is 17.9 Å². The number of aromatic nitrogens is 3. The van der Waals surface area contributed by atoms with E-state index in [1.807, 2.05) is 78.9 Å². The molecule has 0 saturated heterocycles. The largest absolute Gasteiger partial charge is 0.501 e. The molecule has 10 rings (SSSR count). The van der Waals surface area contributed by atoms with Crippen molar-refractivity contribution < 1.29 is 33.1 Å². The Morgan fingerprint density at radius 1 is 0.686 bits per heavy atom. The molecule has 4 aromatic heterocycles. The normalized spacial score (nSPS) is 12.2. The van der Waals surface area contributed by atoms with Crippen molar-refractivity contribution in [3.8, 4) is 39.7 Å². The third kappa shape index (κ3) is 6.06. The van der Waals surface area contributed by atoms with Gasteiger partial charge in [0.15, 0.2) is 0 Å². The Morgan fingerprint density at radius 3 is 2.29 bits per heavy atom. The summed E-state index contributed by atoms with van der Waals surface area (Å²) < 4.78 is 36.3. The summed E-state index contributed by atoms with van der Waals surface area (Å²) >= 11 is 0. The Bertz CT molecular complexity index is 2840. The molecular formula is C45H29IrN3O2-2. The van der Waals surface area contributed by atoms with E-state index in [-0.39, 0.29) is 25.7 Å². The molecule has 0 saturated carbocycles. The van der Waals surface area contributed by atoms with E-state index >= 15 is 0 Å². The van der Waals surface area contributed by atoms with E-state index in [1.165, 1.54) is 6.20 Å². The van der Waals surface area contributed by atoms with Crippen molar-refractivity contribution in [3.05, 3.63) is 176 Å². The smallest absolute Gasteiger partial charge is 0.135 e. The van der Waals surface area contributed by atoms with Crippen molar-refractivity contribution in [2.45, 2.75) is 6.85 Å². The predicted molar refractivity (Wildman–Crippen MR) is 201 cm³/mol. The molecule has 6 heteroatoms. The molecule has 1 radical (unpaired) electrons. The maximum atomic E-state index is 7.23. The van der Waals surface area contributed by atoms with Crippen molar-refractivity contribution in [3.63, 3.8) is 0 Å². The topological polar surface area (TPSA) is 57.0 Å². The van der Waals surface area contributed by atoms with Crippen LogP contribution in [0.3, 0.4) is 0 Å². The molecule has 4 heterocycles. The summed E-state index contributed by atoms with van der Waals surface area (Å²) in [5, 5.41) is 3.24. The van der Waals surface area contributed by atoms with E-state index in [9.17, 15) is 0 Å². The Labute approximate surface area is 312 Å². The molecule has 0 N–H and O–H groups in total. The average Bonchev–Trinajstić information content (AvgIpc) is 3.92. The maximum absolute atomic E-state index is 7.23. The number of imidazole rings is 1. The van der Waals surface area contributed by atoms with Crippen LogP contribution < -0.4 is 0 Å². The van der Waals surface area contributed by atoms with Gasteiger partial charge < -0.3 is 18.4 Å². The van der Waals surface area contributed by atoms with Gasteiger partial charge in [-0.15, -0.1) is 54.1 Å². The molecule has 51 heavy (non-hydrogen) atoms. The van der Waals surface area contributed by atoms with Crippen LogP contribution in [0.4, 0.5) is 0 Å². The van der Waals surface area contributed by atoms with Crippen molar-refractivity contribution in [2.24, 2.45) is 0 Å². The number of nitrogens with zero attached hydrogens (tertiary/aromatic N) is 3. The van der Waals surface area contributed by atoms with Crippen LogP contribution in [0.1, 0.15) is 9.68 Å². The fourth-order valence-corrected chi connectivity index (χ4v) is 6.32. The zero-order valence-electron chi connectivity index (χ0n) is 30.0. The van der Waals surface area contributed by atoms with E-state index in [1.54, 1.807) is 18.2 Å². The Morgan fingerprint density at radius 2 is 1.49 bits per heavy atom. The first-order chi connectivity index (χ1) is 25.9. The van der Waals surface area contributed by atoms with Crippen molar-refractivity contribution in [1.82, 2.24) is 14.5 Å². The summed E-state index contributed by atoms with van der Waals surface area (Å²) in [5.74, 6) is 1.64. The monoisotopic (exact) mass is 839 g/mol. The van der Waals surface area contributed by atoms with Gasteiger partial charge in [-0.1, -0.05) is 71.6 Å². The maximum Gasteiger partial charge on any atom is 0.135 e. The van der Waals surface area contributed by atoms with Gasteiger partial charge in [-0.2, -0.15) is 0 Å². The van der Waals surface area contributed by atoms with Crippen LogP contribution in [-0.4, -0.2) is 14.5 Å². The van der Waals surface area contributed by atoms with E-state index in [2.05, 4.69) is 76.3 Å². The van der Waals surface area contributed by atoms with E-state index in [0.29, 0.717) is 0 Å². The summed E-state index contributed by atoms with van der Waals surface area (Å²) in [6, 6.07) is 56.1. The second-order valence-corrected chi connectivity index (χ2v) is 11.9. The molecule has 247 valence electrons. The molecule has 5 nitrogen and oxygen atoms in total. The third-order valence-electron chi connectivity index (χ3n) is 8.71. The minimum Gasteiger partial charge on any atom is -0.501 e. The summed E-state index contributed by atoms with van der Waals surface area (Å²) in [6.07, 6.45) is 1.39. The minimum atomic E-state index is -2.09. The summed E-state index contributed by atoms with van der Waals surface area (Å²) in [4.78, 5) is 9.17.